The summed E-state index contributed by atoms with van der Waals surface area (Å²) in [6.07, 6.45) is 1.55. The zero-order valence-electron chi connectivity index (χ0n) is 16.7. The summed E-state index contributed by atoms with van der Waals surface area (Å²) >= 11 is 6.53. The minimum atomic E-state index is -0.653. The summed E-state index contributed by atoms with van der Waals surface area (Å²) in [7, 11) is 0. The molecular weight excluding hydrogens is 436 g/mol. The molecule has 1 aliphatic heterocycles. The molecule has 3 aromatic rings. The Bertz CT molecular complexity index is 1200. The number of aromatic nitrogens is 4. The number of rotatable bonds is 7. The highest BCUT2D eigenvalue weighted by Gasteiger charge is 2.32. The molecule has 9 nitrogen and oxygen atoms in total. The second-order valence-electron chi connectivity index (χ2n) is 6.87. The van der Waals surface area contributed by atoms with Crippen LogP contribution in [0.5, 0.6) is 5.75 Å². The molecule has 0 aliphatic carbocycles. The number of aromatic amines is 1. The van der Waals surface area contributed by atoms with Crippen molar-refractivity contribution in [3.8, 4) is 5.75 Å². The van der Waals surface area contributed by atoms with Crippen LogP contribution in [0.4, 0.5) is 10.8 Å². The molecule has 1 aromatic carbocycles. The number of hydrogen-bond donors (Lipinski definition) is 2. The maximum absolute atomic E-state index is 12.6. The van der Waals surface area contributed by atoms with Gasteiger partial charge in [0.05, 0.1) is 17.8 Å². The number of carbonyl (C=O) groups excluding carboxylic acids is 2. The first kappa shape index (κ1) is 20.9. The van der Waals surface area contributed by atoms with Gasteiger partial charge in [-0.05, 0) is 31.3 Å². The van der Waals surface area contributed by atoms with Gasteiger partial charge in [-0.2, -0.15) is 5.10 Å². The highest BCUT2D eigenvalue weighted by Crippen LogP contribution is 2.33. The van der Waals surface area contributed by atoms with Crippen LogP contribution < -0.4 is 15.0 Å². The van der Waals surface area contributed by atoms with Crippen LogP contribution in [-0.4, -0.2) is 44.2 Å². The predicted molar refractivity (Wildman–Crippen MR) is 120 cm³/mol. The molecule has 1 aliphatic rings. The SMILES string of the molecule is C=CCn1c(Cc2csc(NC(=O)CN3C(=O)C(C)Oc4ccccc43)n2)n[nH]c1=S. The minimum absolute atomic E-state index is 0.129. The largest absolute Gasteiger partial charge is 0.479 e. The summed E-state index contributed by atoms with van der Waals surface area (Å²) in [6.45, 7) is 5.81. The summed E-state index contributed by atoms with van der Waals surface area (Å²) in [4.78, 5) is 31.1. The maximum atomic E-state index is 12.6. The predicted octanol–water partition coefficient (Wildman–Crippen LogP) is 2.93. The first-order chi connectivity index (χ1) is 15.0. The van der Waals surface area contributed by atoms with E-state index in [1.54, 1.807) is 31.2 Å². The van der Waals surface area contributed by atoms with Crippen LogP contribution in [0.15, 0.2) is 42.3 Å². The fourth-order valence-corrected chi connectivity index (χ4v) is 4.19. The standard InChI is InChI=1S/C20H20N6O3S2/c1-3-8-25-16(23-24-20(25)30)9-13-11-31-19(21-13)22-17(27)10-26-14-6-4-5-7-15(14)29-12(2)18(26)28/h3-7,11-12H,1,8-10H2,2H3,(H,24,30)(H,21,22,27). The Morgan fingerprint density at radius 3 is 3.06 bits per heavy atom. The average molecular weight is 457 g/mol. The fraction of sp³-hybridized carbons (Fsp3) is 0.250. The van der Waals surface area contributed by atoms with E-state index < -0.39 is 6.10 Å². The molecule has 1 atom stereocenters. The van der Waals surface area contributed by atoms with Crippen molar-refractivity contribution in [2.75, 3.05) is 16.8 Å². The zero-order chi connectivity index (χ0) is 22.0. The number of thiazole rings is 1. The molecule has 0 saturated carbocycles. The molecule has 11 heteroatoms. The number of allylic oxidation sites excluding steroid dienone is 1. The van der Waals surface area contributed by atoms with Crippen LogP contribution in [0.25, 0.3) is 0 Å². The molecule has 1 unspecified atom stereocenters. The lowest BCUT2D eigenvalue weighted by Crippen LogP contribution is -2.47. The molecule has 0 fully saturated rings. The fourth-order valence-electron chi connectivity index (χ4n) is 3.23. The number of para-hydroxylation sites is 2. The van der Waals surface area contributed by atoms with Gasteiger partial charge in [0, 0.05) is 11.9 Å². The van der Waals surface area contributed by atoms with Gasteiger partial charge in [0.25, 0.3) is 5.91 Å². The molecule has 0 radical (unpaired) electrons. The summed E-state index contributed by atoms with van der Waals surface area (Å²) in [6, 6.07) is 7.15. The van der Waals surface area contributed by atoms with E-state index >= 15 is 0 Å². The number of hydrogen-bond acceptors (Lipinski definition) is 7. The van der Waals surface area contributed by atoms with Crippen molar-refractivity contribution in [2.45, 2.75) is 26.0 Å². The van der Waals surface area contributed by atoms with E-state index in [9.17, 15) is 9.59 Å². The molecule has 4 rings (SSSR count). The van der Waals surface area contributed by atoms with Gasteiger partial charge in [-0.3, -0.25) is 24.2 Å². The van der Waals surface area contributed by atoms with Gasteiger partial charge in [-0.25, -0.2) is 4.98 Å². The second kappa shape index (κ2) is 8.82. The number of fused-ring (bicyclic) bond motifs is 1. The van der Waals surface area contributed by atoms with Crippen LogP contribution in [-0.2, 0) is 22.6 Å². The van der Waals surface area contributed by atoms with E-state index in [0.29, 0.717) is 34.3 Å². The third-order valence-corrected chi connectivity index (χ3v) is 5.78. The van der Waals surface area contributed by atoms with Crippen molar-refractivity contribution in [2.24, 2.45) is 0 Å². The topological polar surface area (TPSA) is 105 Å². The van der Waals surface area contributed by atoms with Gasteiger partial charge >= 0.3 is 0 Å². The van der Waals surface area contributed by atoms with Crippen molar-refractivity contribution < 1.29 is 14.3 Å². The van der Waals surface area contributed by atoms with E-state index in [2.05, 4.69) is 27.1 Å². The Morgan fingerprint density at radius 1 is 1.45 bits per heavy atom. The number of benzene rings is 1. The van der Waals surface area contributed by atoms with Crippen molar-refractivity contribution >= 4 is 46.2 Å². The number of ether oxygens (including phenoxy) is 1. The molecule has 0 saturated heterocycles. The number of anilines is 2. The normalized spacial score (nSPS) is 15.3. The number of amides is 2. The number of H-pyrrole nitrogens is 1. The molecule has 2 amide bonds. The second-order valence-corrected chi connectivity index (χ2v) is 8.11. The molecule has 0 spiro atoms. The Morgan fingerprint density at radius 2 is 2.26 bits per heavy atom. The third-order valence-electron chi connectivity index (χ3n) is 4.66. The Balaban J connectivity index is 1.44. The molecule has 3 heterocycles. The molecule has 2 aromatic heterocycles. The van der Waals surface area contributed by atoms with Gasteiger partial charge < -0.3 is 10.1 Å². The van der Waals surface area contributed by atoms with Gasteiger partial charge in [-0.15, -0.1) is 17.9 Å². The smallest absolute Gasteiger partial charge is 0.268 e. The minimum Gasteiger partial charge on any atom is -0.479 e. The van der Waals surface area contributed by atoms with Crippen LogP contribution in [0.1, 0.15) is 18.4 Å². The lowest BCUT2D eigenvalue weighted by Gasteiger charge is -2.32. The number of carbonyl (C=O) groups is 2. The average Bonchev–Trinajstić information content (AvgIpc) is 3.33. The van der Waals surface area contributed by atoms with E-state index in [1.165, 1.54) is 16.2 Å². The van der Waals surface area contributed by atoms with Crippen LogP contribution in [0.2, 0.25) is 0 Å². The summed E-state index contributed by atoms with van der Waals surface area (Å²) in [5.41, 5.74) is 1.33. The van der Waals surface area contributed by atoms with Crippen molar-refractivity contribution in [1.82, 2.24) is 19.7 Å². The van der Waals surface area contributed by atoms with E-state index in [0.717, 1.165) is 11.5 Å². The molecular formula is C20H20N6O3S2. The van der Waals surface area contributed by atoms with Crippen molar-refractivity contribution in [3.05, 3.63) is 58.6 Å². The van der Waals surface area contributed by atoms with E-state index in [-0.39, 0.29) is 18.4 Å². The summed E-state index contributed by atoms with van der Waals surface area (Å²) in [5.74, 6) is 0.704. The molecule has 160 valence electrons. The van der Waals surface area contributed by atoms with Crippen molar-refractivity contribution in [1.29, 1.82) is 0 Å². The third kappa shape index (κ3) is 4.42. The lowest BCUT2D eigenvalue weighted by molar-refractivity contribution is -0.127. The van der Waals surface area contributed by atoms with Gasteiger partial charge in [0.2, 0.25) is 5.91 Å². The zero-order valence-corrected chi connectivity index (χ0v) is 18.3. The highest BCUT2D eigenvalue weighted by molar-refractivity contribution is 7.71. The number of nitrogens with one attached hydrogen (secondary N) is 2. The van der Waals surface area contributed by atoms with Crippen molar-refractivity contribution in [3.63, 3.8) is 0 Å². The number of nitrogens with zero attached hydrogens (tertiary/aromatic N) is 4. The molecule has 31 heavy (non-hydrogen) atoms. The maximum Gasteiger partial charge on any atom is 0.268 e. The monoisotopic (exact) mass is 456 g/mol. The van der Waals surface area contributed by atoms with E-state index in [4.69, 9.17) is 17.0 Å². The lowest BCUT2D eigenvalue weighted by atomic mass is 10.2. The van der Waals surface area contributed by atoms with Crippen LogP contribution in [0.3, 0.4) is 0 Å². The Kier molecular flexibility index (Phi) is 5.96. The first-order valence-corrected chi connectivity index (χ1v) is 10.8. The first-order valence-electron chi connectivity index (χ1n) is 9.52. The molecule has 2 N–H and O–H groups in total. The highest BCUT2D eigenvalue weighted by atomic mass is 32.1. The van der Waals surface area contributed by atoms with Crippen LogP contribution >= 0.6 is 23.6 Å². The Labute approximate surface area is 187 Å². The summed E-state index contributed by atoms with van der Waals surface area (Å²) < 4.78 is 7.96. The van der Waals surface area contributed by atoms with E-state index in [1.807, 2.05) is 16.0 Å². The van der Waals surface area contributed by atoms with Gasteiger partial charge in [0.1, 0.15) is 18.1 Å². The van der Waals surface area contributed by atoms with Gasteiger partial charge in [0.15, 0.2) is 16.0 Å². The summed E-state index contributed by atoms with van der Waals surface area (Å²) in [5, 5.41) is 12.1. The quantitative estimate of drug-likeness (QED) is 0.418. The Hall–Kier alpha value is -3.31. The van der Waals surface area contributed by atoms with Crippen LogP contribution in [0, 0.1) is 4.77 Å². The molecule has 0 bridgehead atoms. The van der Waals surface area contributed by atoms with Gasteiger partial charge in [-0.1, -0.05) is 18.2 Å².